The van der Waals surface area contributed by atoms with Crippen LogP contribution in [0, 0.1) is 12.3 Å². The van der Waals surface area contributed by atoms with Crippen molar-refractivity contribution in [3.8, 4) is 12.3 Å². The average molecular weight is 282 g/mol. The van der Waals surface area contributed by atoms with Gasteiger partial charge in [-0.3, -0.25) is 4.79 Å². The van der Waals surface area contributed by atoms with Crippen LogP contribution in [0.1, 0.15) is 25.7 Å². The number of carboxylic acid groups (broad SMARTS) is 1. The molecule has 0 aromatic rings. The van der Waals surface area contributed by atoms with Crippen LogP contribution in [-0.4, -0.2) is 31.1 Å². The second kappa shape index (κ2) is 11.3. The maximum atomic E-state index is 10.9. The fourth-order valence-electron chi connectivity index (χ4n) is 0.877. The second-order valence-corrected chi connectivity index (χ2v) is 3.43. The highest BCUT2D eigenvalue weighted by Gasteiger charge is 2.28. The molecule has 0 atom stereocenters. The molecule has 5 nitrogen and oxygen atoms in total. The van der Waals surface area contributed by atoms with E-state index in [0.717, 1.165) is 25.8 Å². The molecule has 110 valence electrons. The zero-order chi connectivity index (χ0) is 15.3. The lowest BCUT2D eigenvalue weighted by Gasteiger charge is -2.03. The van der Waals surface area contributed by atoms with Crippen molar-refractivity contribution in [2.75, 3.05) is 13.1 Å². The van der Waals surface area contributed by atoms with Gasteiger partial charge in [-0.1, -0.05) is 5.92 Å². The third-order valence-electron chi connectivity index (χ3n) is 1.77. The Kier molecular flexibility index (Phi) is 11.7. The Morgan fingerprint density at radius 3 is 2.16 bits per heavy atom. The molecule has 1 amide bonds. The number of halogens is 3. The molecule has 0 fully saturated rings. The summed E-state index contributed by atoms with van der Waals surface area (Å²) in [4.78, 5) is 19.7. The van der Waals surface area contributed by atoms with Crippen LogP contribution < -0.4 is 16.2 Å². The van der Waals surface area contributed by atoms with Crippen LogP contribution in [0.2, 0.25) is 0 Å². The molecule has 0 aliphatic carbocycles. The Balaban J connectivity index is 0. The van der Waals surface area contributed by atoms with Crippen molar-refractivity contribution in [2.24, 2.45) is 0 Å². The van der Waals surface area contributed by atoms with Crippen molar-refractivity contribution in [2.45, 2.75) is 31.9 Å². The number of carboxylic acids is 1. The Morgan fingerprint density at radius 2 is 1.79 bits per heavy atom. The van der Waals surface area contributed by atoms with Crippen LogP contribution in [0.5, 0.6) is 0 Å². The van der Waals surface area contributed by atoms with Crippen molar-refractivity contribution in [1.29, 1.82) is 0 Å². The van der Waals surface area contributed by atoms with E-state index in [-0.39, 0.29) is 5.91 Å². The van der Waals surface area contributed by atoms with Gasteiger partial charge in [-0.25, -0.2) is 0 Å². The van der Waals surface area contributed by atoms with E-state index >= 15 is 0 Å². The average Bonchev–Trinajstić information content (AvgIpc) is 2.31. The van der Waals surface area contributed by atoms with Crippen LogP contribution in [0.15, 0.2) is 0 Å². The molecule has 0 aromatic heterocycles. The summed E-state index contributed by atoms with van der Waals surface area (Å²) in [7, 11) is 0. The number of rotatable bonds is 6. The zero-order valence-corrected chi connectivity index (χ0v) is 10.4. The number of carbonyl (C=O) groups is 2. The number of carbonyl (C=O) groups excluding carboxylic acids is 2. The van der Waals surface area contributed by atoms with Crippen LogP contribution in [0.25, 0.3) is 0 Å². The number of terminal acetylenes is 1. The van der Waals surface area contributed by atoms with E-state index in [2.05, 4.69) is 17.0 Å². The molecular weight excluding hydrogens is 265 g/mol. The molecule has 0 unspecified atom stereocenters. The Labute approximate surface area is 109 Å². The first-order valence-electron chi connectivity index (χ1n) is 5.53. The summed E-state index contributed by atoms with van der Waals surface area (Å²) in [6.07, 6.45) is 3.48. The molecular formula is C11H17F3N2O3. The van der Waals surface area contributed by atoms with Crippen molar-refractivity contribution < 1.29 is 33.6 Å². The largest absolute Gasteiger partial charge is 0.542 e. The number of alkyl halides is 3. The predicted molar refractivity (Wildman–Crippen MR) is 59.1 cm³/mol. The van der Waals surface area contributed by atoms with E-state index in [9.17, 15) is 18.0 Å². The summed E-state index contributed by atoms with van der Waals surface area (Å²) in [6.45, 7) is 1.29. The van der Waals surface area contributed by atoms with Gasteiger partial charge in [0.15, 0.2) is 0 Å². The second-order valence-electron chi connectivity index (χ2n) is 3.43. The van der Waals surface area contributed by atoms with Crippen molar-refractivity contribution in [3.63, 3.8) is 0 Å². The number of nitrogens with one attached hydrogen (secondary N) is 1. The monoisotopic (exact) mass is 282 g/mol. The number of unbranched alkanes of at least 4 members (excludes halogenated alkanes) is 2. The quantitative estimate of drug-likeness (QED) is 0.475. The molecule has 0 aliphatic heterocycles. The molecule has 0 radical (unpaired) electrons. The summed E-state index contributed by atoms with van der Waals surface area (Å²) in [6, 6.07) is 0. The van der Waals surface area contributed by atoms with Crippen LogP contribution in [0.3, 0.4) is 0 Å². The molecule has 0 aromatic carbocycles. The van der Waals surface area contributed by atoms with Gasteiger partial charge in [-0.2, -0.15) is 13.2 Å². The topological polar surface area (TPSA) is 96.9 Å². The SMILES string of the molecule is C#CCNC(=O)CCCCC[NH3+].O=C([O-])C(F)(F)F. The fraction of sp³-hybridized carbons (Fsp3) is 0.636. The van der Waals surface area contributed by atoms with Crippen LogP contribution >= 0.6 is 0 Å². The molecule has 0 spiro atoms. The van der Waals surface area contributed by atoms with E-state index in [4.69, 9.17) is 16.3 Å². The molecule has 4 N–H and O–H groups in total. The number of hydrogen-bond acceptors (Lipinski definition) is 3. The Morgan fingerprint density at radius 1 is 1.26 bits per heavy atom. The first-order chi connectivity index (χ1) is 8.75. The minimum atomic E-state index is -5.19. The standard InChI is InChI=1S/C9H16N2O.C2HF3O2/c1-2-8-11-9(12)6-4-3-5-7-10;3-2(4,5)1(6)7/h1H,3-8,10H2,(H,11,12);(H,6,7). The van der Waals surface area contributed by atoms with Crippen LogP contribution in [0.4, 0.5) is 13.2 Å². The third kappa shape index (κ3) is 16.2. The molecule has 0 heterocycles. The number of aliphatic carboxylic acids is 1. The normalized spacial score (nSPS) is 9.84. The zero-order valence-electron chi connectivity index (χ0n) is 10.4. The van der Waals surface area contributed by atoms with Gasteiger partial charge >= 0.3 is 6.18 Å². The lowest BCUT2D eigenvalue weighted by molar-refractivity contribution is -0.368. The highest BCUT2D eigenvalue weighted by atomic mass is 19.4. The molecule has 0 saturated heterocycles. The number of amides is 1. The number of hydrogen-bond donors (Lipinski definition) is 2. The minimum absolute atomic E-state index is 0.0528. The molecule has 0 rings (SSSR count). The maximum Gasteiger partial charge on any atom is 0.430 e. The van der Waals surface area contributed by atoms with E-state index in [1.165, 1.54) is 0 Å². The van der Waals surface area contributed by atoms with E-state index in [1.54, 1.807) is 0 Å². The van der Waals surface area contributed by atoms with Gasteiger partial charge in [0.2, 0.25) is 5.91 Å². The Bertz CT molecular complexity index is 311. The lowest BCUT2D eigenvalue weighted by atomic mass is 10.2. The van der Waals surface area contributed by atoms with Gasteiger partial charge in [0, 0.05) is 6.42 Å². The smallest absolute Gasteiger partial charge is 0.430 e. The van der Waals surface area contributed by atoms with Gasteiger partial charge in [0.1, 0.15) is 5.97 Å². The van der Waals surface area contributed by atoms with E-state index < -0.39 is 12.1 Å². The summed E-state index contributed by atoms with van der Waals surface area (Å²) in [5.74, 6) is -0.596. The lowest BCUT2D eigenvalue weighted by Crippen LogP contribution is -2.50. The summed E-state index contributed by atoms with van der Waals surface area (Å²) >= 11 is 0. The third-order valence-corrected chi connectivity index (χ3v) is 1.77. The minimum Gasteiger partial charge on any atom is -0.542 e. The highest BCUT2D eigenvalue weighted by molar-refractivity contribution is 5.76. The molecule has 8 heteroatoms. The Hall–Kier alpha value is -1.75. The van der Waals surface area contributed by atoms with Crippen molar-refractivity contribution >= 4 is 11.9 Å². The summed E-state index contributed by atoms with van der Waals surface area (Å²) in [5, 5.41) is 11.4. The van der Waals surface area contributed by atoms with Crippen molar-refractivity contribution in [3.05, 3.63) is 0 Å². The van der Waals surface area contributed by atoms with Gasteiger partial charge in [0.25, 0.3) is 0 Å². The van der Waals surface area contributed by atoms with Gasteiger partial charge in [-0.15, -0.1) is 6.42 Å². The van der Waals surface area contributed by atoms with Crippen LogP contribution in [-0.2, 0) is 9.59 Å². The molecule has 0 saturated carbocycles. The molecule has 0 aliphatic rings. The first kappa shape index (κ1) is 19.6. The number of quaternary nitrogens is 1. The van der Waals surface area contributed by atoms with Gasteiger partial charge in [-0.05, 0) is 19.3 Å². The maximum absolute atomic E-state index is 10.9. The first-order valence-corrected chi connectivity index (χ1v) is 5.53. The highest BCUT2D eigenvalue weighted by Crippen LogP contribution is 2.11. The van der Waals surface area contributed by atoms with Gasteiger partial charge in [0.05, 0.1) is 13.1 Å². The molecule has 0 bridgehead atoms. The van der Waals surface area contributed by atoms with Gasteiger partial charge < -0.3 is 21.0 Å². The summed E-state index contributed by atoms with van der Waals surface area (Å²) < 4.78 is 31.5. The fourth-order valence-corrected chi connectivity index (χ4v) is 0.877. The van der Waals surface area contributed by atoms with E-state index in [1.807, 2.05) is 0 Å². The van der Waals surface area contributed by atoms with E-state index in [0.29, 0.717) is 13.0 Å². The molecule has 19 heavy (non-hydrogen) atoms. The summed E-state index contributed by atoms with van der Waals surface area (Å²) in [5.41, 5.74) is 3.72. The van der Waals surface area contributed by atoms with Crippen molar-refractivity contribution in [1.82, 2.24) is 5.32 Å². The predicted octanol–water partition coefficient (Wildman–Crippen LogP) is -1.16.